The Hall–Kier alpha value is -1.57. The maximum absolute atomic E-state index is 4.35. The standard InChI is InChI=1S/C13H16N2/c1-8-6-5-7-12-13(8)10(3)9(2)11(4)14-15-12/h5-7,15H,1-4H3. The first-order chi connectivity index (χ1) is 7.11. The molecule has 1 aromatic rings. The lowest BCUT2D eigenvalue weighted by Gasteiger charge is -2.11. The monoisotopic (exact) mass is 200 g/mol. The molecule has 0 saturated carbocycles. The van der Waals surface area contributed by atoms with Gasteiger partial charge in [0.1, 0.15) is 0 Å². The Morgan fingerprint density at radius 3 is 2.47 bits per heavy atom. The molecule has 0 radical (unpaired) electrons. The van der Waals surface area contributed by atoms with Crippen LogP contribution in [0.15, 0.2) is 28.9 Å². The lowest BCUT2D eigenvalue weighted by atomic mass is 9.95. The Kier molecular flexibility index (Phi) is 2.35. The highest BCUT2D eigenvalue weighted by Gasteiger charge is 2.13. The second-order valence-corrected chi connectivity index (χ2v) is 4.06. The first kappa shape index (κ1) is 9.97. The van der Waals surface area contributed by atoms with Crippen LogP contribution in [0.5, 0.6) is 0 Å². The van der Waals surface area contributed by atoms with Gasteiger partial charge in [0.25, 0.3) is 0 Å². The Balaban J connectivity index is 2.72. The number of anilines is 1. The molecule has 15 heavy (non-hydrogen) atoms. The Morgan fingerprint density at radius 2 is 1.73 bits per heavy atom. The van der Waals surface area contributed by atoms with Crippen molar-refractivity contribution in [1.29, 1.82) is 0 Å². The number of benzene rings is 1. The summed E-state index contributed by atoms with van der Waals surface area (Å²) in [5, 5.41) is 4.35. The van der Waals surface area contributed by atoms with Gasteiger partial charge in [-0.25, -0.2) is 0 Å². The number of allylic oxidation sites excluding steroid dienone is 2. The van der Waals surface area contributed by atoms with E-state index in [1.54, 1.807) is 0 Å². The minimum atomic E-state index is 1.06. The summed E-state index contributed by atoms with van der Waals surface area (Å²) >= 11 is 0. The molecule has 0 saturated heterocycles. The fraction of sp³-hybridized carbons (Fsp3) is 0.308. The largest absolute Gasteiger partial charge is 0.278 e. The lowest BCUT2D eigenvalue weighted by molar-refractivity contribution is 1.31. The van der Waals surface area contributed by atoms with E-state index in [0.717, 1.165) is 11.4 Å². The van der Waals surface area contributed by atoms with Crippen LogP contribution in [0.1, 0.15) is 31.9 Å². The summed E-state index contributed by atoms with van der Waals surface area (Å²) < 4.78 is 0. The fourth-order valence-corrected chi connectivity index (χ4v) is 1.95. The van der Waals surface area contributed by atoms with Crippen LogP contribution in [-0.4, -0.2) is 5.71 Å². The molecule has 1 aliphatic heterocycles. The zero-order valence-electron chi connectivity index (χ0n) is 9.68. The molecule has 0 amide bonds. The quantitative estimate of drug-likeness (QED) is 0.680. The molecule has 0 atom stereocenters. The van der Waals surface area contributed by atoms with Crippen LogP contribution in [-0.2, 0) is 0 Å². The van der Waals surface area contributed by atoms with E-state index in [0.29, 0.717) is 0 Å². The first-order valence-electron chi connectivity index (χ1n) is 5.19. The van der Waals surface area contributed by atoms with Crippen LogP contribution in [0.25, 0.3) is 5.57 Å². The molecular formula is C13H16N2. The van der Waals surface area contributed by atoms with Gasteiger partial charge in [-0.05, 0) is 50.5 Å². The van der Waals surface area contributed by atoms with Crippen molar-refractivity contribution < 1.29 is 0 Å². The predicted octanol–water partition coefficient (Wildman–Crippen LogP) is 3.59. The van der Waals surface area contributed by atoms with Gasteiger partial charge in [-0.15, -0.1) is 0 Å². The van der Waals surface area contributed by atoms with Crippen LogP contribution >= 0.6 is 0 Å². The van der Waals surface area contributed by atoms with Gasteiger partial charge in [0.05, 0.1) is 11.4 Å². The van der Waals surface area contributed by atoms with Crippen molar-refractivity contribution in [2.24, 2.45) is 5.10 Å². The van der Waals surface area contributed by atoms with Crippen LogP contribution < -0.4 is 5.43 Å². The van der Waals surface area contributed by atoms with E-state index in [2.05, 4.69) is 49.5 Å². The summed E-state index contributed by atoms with van der Waals surface area (Å²) in [5.74, 6) is 0. The molecule has 0 aliphatic carbocycles. The molecule has 0 spiro atoms. The number of hydrogen-bond donors (Lipinski definition) is 1. The molecule has 0 unspecified atom stereocenters. The highest BCUT2D eigenvalue weighted by Crippen LogP contribution is 2.31. The molecule has 0 bridgehead atoms. The Labute approximate surface area is 90.7 Å². The summed E-state index contributed by atoms with van der Waals surface area (Å²) in [6, 6.07) is 6.26. The molecule has 1 N–H and O–H groups in total. The lowest BCUT2D eigenvalue weighted by Crippen LogP contribution is -1.96. The van der Waals surface area contributed by atoms with Crippen molar-refractivity contribution in [3.05, 3.63) is 34.9 Å². The third-order valence-electron chi connectivity index (χ3n) is 3.10. The van der Waals surface area contributed by atoms with Gasteiger partial charge in [0.15, 0.2) is 0 Å². The van der Waals surface area contributed by atoms with E-state index in [4.69, 9.17) is 0 Å². The zero-order valence-corrected chi connectivity index (χ0v) is 9.68. The van der Waals surface area contributed by atoms with E-state index >= 15 is 0 Å². The zero-order chi connectivity index (χ0) is 11.0. The number of nitrogens with one attached hydrogen (secondary N) is 1. The fourth-order valence-electron chi connectivity index (χ4n) is 1.95. The van der Waals surface area contributed by atoms with E-state index in [-0.39, 0.29) is 0 Å². The summed E-state index contributed by atoms with van der Waals surface area (Å²) in [4.78, 5) is 0. The third kappa shape index (κ3) is 1.56. The molecule has 0 fully saturated rings. The molecule has 1 aliphatic rings. The van der Waals surface area contributed by atoms with E-state index in [1.807, 2.05) is 6.92 Å². The molecule has 78 valence electrons. The summed E-state index contributed by atoms with van der Waals surface area (Å²) in [7, 11) is 0. The van der Waals surface area contributed by atoms with Crippen molar-refractivity contribution in [1.82, 2.24) is 0 Å². The maximum atomic E-state index is 4.35. The number of fused-ring (bicyclic) bond motifs is 1. The number of aryl methyl sites for hydroxylation is 1. The highest BCUT2D eigenvalue weighted by molar-refractivity contribution is 6.06. The van der Waals surface area contributed by atoms with Gasteiger partial charge >= 0.3 is 0 Å². The average molecular weight is 200 g/mol. The van der Waals surface area contributed by atoms with Crippen LogP contribution in [0.4, 0.5) is 5.69 Å². The Morgan fingerprint density at radius 1 is 1.00 bits per heavy atom. The van der Waals surface area contributed by atoms with Crippen molar-refractivity contribution in [3.63, 3.8) is 0 Å². The van der Waals surface area contributed by atoms with Crippen molar-refractivity contribution in [2.45, 2.75) is 27.7 Å². The van der Waals surface area contributed by atoms with E-state index < -0.39 is 0 Å². The second kappa shape index (κ2) is 3.54. The average Bonchev–Trinajstić information content (AvgIpc) is 2.32. The molecule has 1 heterocycles. The van der Waals surface area contributed by atoms with Crippen molar-refractivity contribution in [3.8, 4) is 0 Å². The van der Waals surface area contributed by atoms with Gasteiger partial charge < -0.3 is 0 Å². The normalized spacial score (nSPS) is 15.3. The number of nitrogens with zero attached hydrogens (tertiary/aromatic N) is 1. The number of hydrazone groups is 1. The van der Waals surface area contributed by atoms with Gasteiger partial charge in [-0.1, -0.05) is 12.1 Å². The minimum absolute atomic E-state index is 1.06. The number of hydrogen-bond acceptors (Lipinski definition) is 2. The molecule has 2 nitrogen and oxygen atoms in total. The minimum Gasteiger partial charge on any atom is -0.278 e. The molecule has 0 aromatic heterocycles. The topological polar surface area (TPSA) is 24.4 Å². The SMILES string of the molecule is CC1=NNc2cccc(C)c2C(C)=C1C. The van der Waals surface area contributed by atoms with Crippen LogP contribution in [0.2, 0.25) is 0 Å². The molecular weight excluding hydrogens is 184 g/mol. The van der Waals surface area contributed by atoms with Crippen molar-refractivity contribution >= 4 is 17.0 Å². The molecule has 2 heteroatoms. The third-order valence-corrected chi connectivity index (χ3v) is 3.10. The molecule has 1 aromatic carbocycles. The van der Waals surface area contributed by atoms with E-state index in [1.165, 1.54) is 22.3 Å². The second-order valence-electron chi connectivity index (χ2n) is 4.06. The highest BCUT2D eigenvalue weighted by atomic mass is 15.3. The maximum Gasteiger partial charge on any atom is 0.0639 e. The summed E-state index contributed by atoms with van der Waals surface area (Å²) in [6.45, 7) is 8.45. The van der Waals surface area contributed by atoms with Crippen LogP contribution in [0, 0.1) is 6.92 Å². The van der Waals surface area contributed by atoms with Crippen LogP contribution in [0.3, 0.4) is 0 Å². The van der Waals surface area contributed by atoms with Crippen molar-refractivity contribution in [2.75, 3.05) is 5.43 Å². The summed E-state index contributed by atoms with van der Waals surface area (Å²) in [5.41, 5.74) is 10.4. The summed E-state index contributed by atoms with van der Waals surface area (Å²) in [6.07, 6.45) is 0. The van der Waals surface area contributed by atoms with Gasteiger partial charge in [-0.3, -0.25) is 5.43 Å². The van der Waals surface area contributed by atoms with Gasteiger partial charge in [-0.2, -0.15) is 5.10 Å². The van der Waals surface area contributed by atoms with Gasteiger partial charge in [0.2, 0.25) is 0 Å². The number of rotatable bonds is 0. The predicted molar refractivity (Wildman–Crippen MR) is 66.2 cm³/mol. The smallest absolute Gasteiger partial charge is 0.0639 e. The van der Waals surface area contributed by atoms with Gasteiger partial charge in [0, 0.05) is 5.56 Å². The molecule has 2 rings (SSSR count). The first-order valence-corrected chi connectivity index (χ1v) is 5.19. The van der Waals surface area contributed by atoms with E-state index in [9.17, 15) is 0 Å². The Bertz CT molecular complexity index is 467.